The molecule has 5 heteroatoms. The Morgan fingerprint density at radius 1 is 0.833 bits per heavy atom. The Kier molecular flexibility index (Phi) is 11.7. The van der Waals surface area contributed by atoms with Crippen LogP contribution in [0.4, 0.5) is 0 Å². The lowest BCUT2D eigenvalue weighted by molar-refractivity contribution is -0.0146. The van der Waals surface area contributed by atoms with Crippen LogP contribution in [0.1, 0.15) is 13.8 Å². The zero-order valence-corrected chi connectivity index (χ0v) is 12.5. The lowest BCUT2D eigenvalue weighted by atomic mass is 10.2. The number of ether oxygens (including phenoxy) is 4. The summed E-state index contributed by atoms with van der Waals surface area (Å²) in [4.78, 5) is 2.35. The first-order chi connectivity index (χ1) is 8.67. The van der Waals surface area contributed by atoms with Gasteiger partial charge in [0, 0.05) is 33.9 Å². The lowest BCUT2D eigenvalue weighted by Crippen LogP contribution is -2.47. The molecule has 18 heavy (non-hydrogen) atoms. The van der Waals surface area contributed by atoms with Crippen molar-refractivity contribution in [2.45, 2.75) is 25.9 Å². The third-order valence-electron chi connectivity index (χ3n) is 2.79. The van der Waals surface area contributed by atoms with Gasteiger partial charge in [-0.15, -0.1) is 0 Å². The first-order valence-electron chi connectivity index (χ1n) is 6.47. The molecule has 1 atom stereocenters. The van der Waals surface area contributed by atoms with Crippen molar-refractivity contribution in [3.05, 3.63) is 0 Å². The molecule has 0 spiro atoms. The van der Waals surface area contributed by atoms with Crippen molar-refractivity contribution in [2.75, 3.05) is 60.9 Å². The van der Waals surface area contributed by atoms with Crippen LogP contribution in [0.25, 0.3) is 0 Å². The standard InChI is InChI=1S/C13H29NO4/c1-12(2)14(6-7-15-3)13(10-17-5)11-18-9-8-16-4/h12-13H,6-11H2,1-5H3. The molecule has 0 aliphatic heterocycles. The molecule has 0 amide bonds. The Balaban J connectivity index is 4.20. The smallest absolute Gasteiger partial charge is 0.0701 e. The summed E-state index contributed by atoms with van der Waals surface area (Å²) in [6.07, 6.45) is 0. The SMILES string of the molecule is COCCOCC(COC)N(CCOC)C(C)C. The van der Waals surface area contributed by atoms with E-state index in [9.17, 15) is 0 Å². The van der Waals surface area contributed by atoms with Crippen LogP contribution in [0.2, 0.25) is 0 Å². The van der Waals surface area contributed by atoms with E-state index in [1.54, 1.807) is 21.3 Å². The minimum absolute atomic E-state index is 0.252. The van der Waals surface area contributed by atoms with Crippen LogP contribution in [0.15, 0.2) is 0 Å². The molecule has 0 rings (SSSR count). The second-order valence-electron chi connectivity index (χ2n) is 4.50. The minimum Gasteiger partial charge on any atom is -0.383 e. The second kappa shape index (κ2) is 11.9. The zero-order valence-electron chi connectivity index (χ0n) is 12.5. The highest BCUT2D eigenvalue weighted by atomic mass is 16.5. The minimum atomic E-state index is 0.252. The third kappa shape index (κ3) is 8.00. The van der Waals surface area contributed by atoms with Crippen molar-refractivity contribution < 1.29 is 18.9 Å². The molecule has 0 aromatic rings. The molecule has 0 aliphatic carbocycles. The van der Waals surface area contributed by atoms with Crippen molar-refractivity contribution in [3.63, 3.8) is 0 Å². The monoisotopic (exact) mass is 263 g/mol. The molecule has 5 nitrogen and oxygen atoms in total. The van der Waals surface area contributed by atoms with Gasteiger partial charge in [-0.1, -0.05) is 0 Å². The van der Waals surface area contributed by atoms with Crippen LogP contribution in [0, 0.1) is 0 Å². The van der Waals surface area contributed by atoms with Gasteiger partial charge in [0.05, 0.1) is 39.1 Å². The van der Waals surface area contributed by atoms with E-state index in [1.165, 1.54) is 0 Å². The van der Waals surface area contributed by atoms with Crippen LogP contribution >= 0.6 is 0 Å². The molecule has 0 saturated heterocycles. The largest absolute Gasteiger partial charge is 0.383 e. The van der Waals surface area contributed by atoms with E-state index < -0.39 is 0 Å². The van der Waals surface area contributed by atoms with E-state index in [0.29, 0.717) is 32.5 Å². The van der Waals surface area contributed by atoms with Gasteiger partial charge in [-0.2, -0.15) is 0 Å². The summed E-state index contributed by atoms with van der Waals surface area (Å²) >= 11 is 0. The summed E-state index contributed by atoms with van der Waals surface area (Å²) in [5.41, 5.74) is 0. The molecule has 0 N–H and O–H groups in total. The van der Waals surface area contributed by atoms with Gasteiger partial charge >= 0.3 is 0 Å². The average molecular weight is 263 g/mol. The number of nitrogens with zero attached hydrogens (tertiary/aromatic N) is 1. The first kappa shape index (κ1) is 17.8. The predicted octanol–water partition coefficient (Wildman–Crippen LogP) is 1.02. The summed E-state index contributed by atoms with van der Waals surface area (Å²) in [6.45, 7) is 8.51. The summed E-state index contributed by atoms with van der Waals surface area (Å²) in [7, 11) is 5.12. The lowest BCUT2D eigenvalue weighted by Gasteiger charge is -2.34. The molecule has 0 aromatic heterocycles. The maximum absolute atomic E-state index is 5.61. The average Bonchev–Trinajstić information content (AvgIpc) is 2.34. The van der Waals surface area contributed by atoms with E-state index >= 15 is 0 Å². The fraction of sp³-hybridized carbons (Fsp3) is 1.00. The van der Waals surface area contributed by atoms with Crippen LogP contribution < -0.4 is 0 Å². The van der Waals surface area contributed by atoms with E-state index in [0.717, 1.165) is 13.2 Å². The van der Waals surface area contributed by atoms with Crippen molar-refractivity contribution in [1.29, 1.82) is 0 Å². The van der Waals surface area contributed by atoms with Crippen molar-refractivity contribution in [1.82, 2.24) is 4.90 Å². The number of rotatable bonds is 12. The van der Waals surface area contributed by atoms with Gasteiger partial charge in [-0.25, -0.2) is 0 Å². The molecule has 0 saturated carbocycles. The van der Waals surface area contributed by atoms with Gasteiger partial charge in [-0.3, -0.25) is 4.90 Å². The highest BCUT2D eigenvalue weighted by Crippen LogP contribution is 2.07. The highest BCUT2D eigenvalue weighted by molar-refractivity contribution is 4.74. The normalized spacial score (nSPS) is 13.5. The number of hydrogen-bond acceptors (Lipinski definition) is 5. The molecular formula is C13H29NO4. The summed E-state index contributed by atoms with van der Waals surface area (Å²) in [5, 5.41) is 0. The van der Waals surface area contributed by atoms with Crippen LogP contribution in [0.5, 0.6) is 0 Å². The van der Waals surface area contributed by atoms with Gasteiger partial charge in [-0.05, 0) is 13.8 Å². The van der Waals surface area contributed by atoms with E-state index in [-0.39, 0.29) is 6.04 Å². The first-order valence-corrected chi connectivity index (χ1v) is 6.47. The summed E-state index contributed by atoms with van der Waals surface area (Å²) in [5.74, 6) is 0. The van der Waals surface area contributed by atoms with Crippen molar-refractivity contribution >= 4 is 0 Å². The maximum Gasteiger partial charge on any atom is 0.0701 e. The molecule has 1 unspecified atom stereocenters. The summed E-state index contributed by atoms with van der Waals surface area (Å²) in [6, 6.07) is 0.688. The fourth-order valence-corrected chi connectivity index (χ4v) is 1.85. The fourth-order valence-electron chi connectivity index (χ4n) is 1.85. The third-order valence-corrected chi connectivity index (χ3v) is 2.79. The molecule has 0 bridgehead atoms. The van der Waals surface area contributed by atoms with Crippen LogP contribution in [0.3, 0.4) is 0 Å². The molecular weight excluding hydrogens is 234 g/mol. The van der Waals surface area contributed by atoms with Crippen molar-refractivity contribution in [3.8, 4) is 0 Å². The molecule has 0 heterocycles. The zero-order chi connectivity index (χ0) is 13.8. The van der Waals surface area contributed by atoms with E-state index in [4.69, 9.17) is 18.9 Å². The number of methoxy groups -OCH3 is 3. The second-order valence-corrected chi connectivity index (χ2v) is 4.50. The Hall–Kier alpha value is -0.200. The van der Waals surface area contributed by atoms with E-state index in [1.807, 2.05) is 0 Å². The molecule has 0 radical (unpaired) electrons. The summed E-state index contributed by atoms with van der Waals surface area (Å²) < 4.78 is 21.0. The highest BCUT2D eigenvalue weighted by Gasteiger charge is 2.21. The topological polar surface area (TPSA) is 40.2 Å². The molecule has 0 aliphatic rings. The van der Waals surface area contributed by atoms with Gasteiger partial charge in [0.1, 0.15) is 0 Å². The van der Waals surface area contributed by atoms with Crippen molar-refractivity contribution in [2.24, 2.45) is 0 Å². The Morgan fingerprint density at radius 3 is 2.00 bits per heavy atom. The van der Waals surface area contributed by atoms with Crippen LogP contribution in [-0.2, 0) is 18.9 Å². The quantitative estimate of drug-likeness (QED) is 0.492. The molecule has 0 aromatic carbocycles. The van der Waals surface area contributed by atoms with Gasteiger partial charge < -0.3 is 18.9 Å². The Morgan fingerprint density at radius 2 is 1.50 bits per heavy atom. The maximum atomic E-state index is 5.61. The molecule has 110 valence electrons. The van der Waals surface area contributed by atoms with Gasteiger partial charge in [0.2, 0.25) is 0 Å². The van der Waals surface area contributed by atoms with Crippen LogP contribution in [-0.4, -0.2) is 77.9 Å². The molecule has 0 fully saturated rings. The Labute approximate surface area is 111 Å². The van der Waals surface area contributed by atoms with Gasteiger partial charge in [0.25, 0.3) is 0 Å². The predicted molar refractivity (Wildman–Crippen MR) is 72.1 cm³/mol. The van der Waals surface area contributed by atoms with E-state index in [2.05, 4.69) is 18.7 Å². The Bertz CT molecular complexity index is 178. The van der Waals surface area contributed by atoms with Gasteiger partial charge in [0.15, 0.2) is 0 Å². The number of hydrogen-bond donors (Lipinski definition) is 0.